The quantitative estimate of drug-likeness (QED) is 0.880. The van der Waals surface area contributed by atoms with Crippen LogP contribution in [0.4, 0.5) is 5.69 Å². The molecule has 0 spiro atoms. The monoisotopic (exact) mass is 318 g/mol. The fourth-order valence-electron chi connectivity index (χ4n) is 1.84. The average Bonchev–Trinajstić information content (AvgIpc) is 2.76. The molecule has 0 aromatic heterocycles. The molecule has 1 unspecified atom stereocenters. The first kappa shape index (κ1) is 14.5. The van der Waals surface area contributed by atoms with Gasteiger partial charge in [0.1, 0.15) is 0 Å². The Morgan fingerprint density at radius 1 is 1.53 bits per heavy atom. The van der Waals surface area contributed by atoms with Crippen molar-refractivity contribution in [3.05, 3.63) is 28.2 Å². The molecule has 0 saturated carbocycles. The summed E-state index contributed by atoms with van der Waals surface area (Å²) < 4.78 is 0.984. The summed E-state index contributed by atoms with van der Waals surface area (Å²) in [4.78, 5) is 11.9. The lowest BCUT2D eigenvalue weighted by Crippen LogP contribution is -2.24. The van der Waals surface area contributed by atoms with Crippen LogP contribution in [0, 0.1) is 12.8 Å². The number of carbonyl (C=O) groups excluding carboxylic acids is 1. The maximum absolute atomic E-state index is 11.9. The Morgan fingerprint density at radius 3 is 2.94 bits per heavy atom. The van der Waals surface area contributed by atoms with Crippen LogP contribution in [-0.4, -0.2) is 19.0 Å². The van der Waals surface area contributed by atoms with E-state index in [0.29, 0.717) is 0 Å². The summed E-state index contributed by atoms with van der Waals surface area (Å²) in [6.45, 7) is 3.73. The number of benzene rings is 1. The molecule has 3 nitrogen and oxygen atoms in total. The predicted molar refractivity (Wildman–Crippen MR) is 75.7 cm³/mol. The second-order valence-corrected chi connectivity index (χ2v) is 5.05. The molecule has 5 heteroatoms. The largest absolute Gasteiger partial charge is 0.326 e. The molecule has 2 rings (SSSR count). The minimum absolute atomic E-state index is 0. The topological polar surface area (TPSA) is 41.1 Å². The Kier molecular flexibility index (Phi) is 5.43. The molecule has 94 valence electrons. The number of anilines is 1. The van der Waals surface area contributed by atoms with Gasteiger partial charge in [0.15, 0.2) is 0 Å². The molecule has 1 aliphatic heterocycles. The summed E-state index contributed by atoms with van der Waals surface area (Å²) in [6, 6.07) is 5.91. The summed E-state index contributed by atoms with van der Waals surface area (Å²) in [6.07, 6.45) is 0.929. The van der Waals surface area contributed by atoms with Crippen molar-refractivity contribution < 1.29 is 4.79 Å². The Bertz CT molecular complexity index is 405. The summed E-state index contributed by atoms with van der Waals surface area (Å²) in [5.41, 5.74) is 1.98. The highest BCUT2D eigenvalue weighted by Crippen LogP contribution is 2.21. The van der Waals surface area contributed by atoms with Crippen molar-refractivity contribution in [2.24, 2.45) is 5.92 Å². The van der Waals surface area contributed by atoms with Gasteiger partial charge < -0.3 is 10.6 Å². The van der Waals surface area contributed by atoms with E-state index in [0.717, 1.165) is 35.2 Å². The Morgan fingerprint density at radius 2 is 2.29 bits per heavy atom. The molecule has 0 bridgehead atoms. The highest BCUT2D eigenvalue weighted by molar-refractivity contribution is 9.10. The lowest BCUT2D eigenvalue weighted by Gasteiger charge is -2.12. The number of hydrogen-bond acceptors (Lipinski definition) is 2. The van der Waals surface area contributed by atoms with Gasteiger partial charge in [-0.2, -0.15) is 0 Å². The van der Waals surface area contributed by atoms with Gasteiger partial charge >= 0.3 is 0 Å². The second-order valence-electron chi connectivity index (χ2n) is 4.14. The number of halogens is 2. The van der Waals surface area contributed by atoms with E-state index < -0.39 is 0 Å². The first-order chi connectivity index (χ1) is 7.66. The van der Waals surface area contributed by atoms with Crippen LogP contribution in [0.1, 0.15) is 12.0 Å². The van der Waals surface area contributed by atoms with E-state index in [1.165, 1.54) is 0 Å². The number of carbonyl (C=O) groups is 1. The number of amides is 1. The van der Waals surface area contributed by atoms with E-state index in [9.17, 15) is 4.79 Å². The van der Waals surface area contributed by atoms with Gasteiger partial charge in [0, 0.05) is 16.7 Å². The predicted octanol–water partition coefficient (Wildman–Crippen LogP) is 2.73. The summed E-state index contributed by atoms with van der Waals surface area (Å²) >= 11 is 3.41. The van der Waals surface area contributed by atoms with Crippen molar-refractivity contribution in [1.82, 2.24) is 5.32 Å². The Labute approximate surface area is 116 Å². The van der Waals surface area contributed by atoms with E-state index >= 15 is 0 Å². The normalized spacial score (nSPS) is 18.6. The van der Waals surface area contributed by atoms with Crippen LogP contribution in [0.2, 0.25) is 0 Å². The van der Waals surface area contributed by atoms with Crippen LogP contribution >= 0.6 is 28.3 Å². The van der Waals surface area contributed by atoms with Gasteiger partial charge in [-0.25, -0.2) is 0 Å². The van der Waals surface area contributed by atoms with Crippen LogP contribution in [0.5, 0.6) is 0 Å². The number of rotatable bonds is 2. The molecule has 1 heterocycles. The highest BCUT2D eigenvalue weighted by atomic mass is 79.9. The van der Waals surface area contributed by atoms with Gasteiger partial charge in [-0.1, -0.05) is 22.0 Å². The van der Waals surface area contributed by atoms with E-state index in [4.69, 9.17) is 0 Å². The molecule has 1 aliphatic rings. The van der Waals surface area contributed by atoms with Gasteiger partial charge in [-0.3, -0.25) is 4.79 Å². The standard InChI is InChI=1S/C12H15BrN2O.ClH/c1-8-2-3-10(13)6-11(8)15-12(16)9-4-5-14-7-9;/h2-3,6,9,14H,4-5,7H2,1H3,(H,15,16);1H. The first-order valence-electron chi connectivity index (χ1n) is 5.44. The minimum Gasteiger partial charge on any atom is -0.326 e. The van der Waals surface area contributed by atoms with Gasteiger partial charge in [0.2, 0.25) is 5.91 Å². The molecule has 17 heavy (non-hydrogen) atoms. The molecule has 0 aliphatic carbocycles. The fourth-order valence-corrected chi connectivity index (χ4v) is 2.20. The molecular formula is C12H16BrClN2O. The van der Waals surface area contributed by atoms with E-state index in [1.54, 1.807) is 0 Å². The summed E-state index contributed by atoms with van der Waals surface area (Å²) in [7, 11) is 0. The second kappa shape index (κ2) is 6.38. The molecule has 1 fully saturated rings. The van der Waals surface area contributed by atoms with Crippen LogP contribution in [0.3, 0.4) is 0 Å². The molecule has 0 radical (unpaired) electrons. The summed E-state index contributed by atoms with van der Waals surface area (Å²) in [5, 5.41) is 6.18. The zero-order valence-corrected chi connectivity index (χ0v) is 12.0. The summed E-state index contributed by atoms with van der Waals surface area (Å²) in [5.74, 6) is 0.226. The molecule has 1 atom stereocenters. The maximum Gasteiger partial charge on any atom is 0.228 e. The van der Waals surface area contributed by atoms with E-state index in [2.05, 4.69) is 26.6 Å². The maximum atomic E-state index is 11.9. The van der Waals surface area contributed by atoms with Crippen molar-refractivity contribution in [2.75, 3.05) is 18.4 Å². The molecule has 1 amide bonds. The SMILES string of the molecule is Cc1ccc(Br)cc1NC(=O)C1CCNC1.Cl. The highest BCUT2D eigenvalue weighted by Gasteiger charge is 2.22. The van der Waals surface area contributed by atoms with Crippen molar-refractivity contribution in [1.29, 1.82) is 0 Å². The van der Waals surface area contributed by atoms with Crippen molar-refractivity contribution in [3.63, 3.8) is 0 Å². The third-order valence-corrected chi connectivity index (χ3v) is 3.38. The smallest absolute Gasteiger partial charge is 0.228 e. The lowest BCUT2D eigenvalue weighted by molar-refractivity contribution is -0.119. The van der Waals surface area contributed by atoms with Crippen LogP contribution in [0.15, 0.2) is 22.7 Å². The van der Waals surface area contributed by atoms with Gasteiger partial charge in [-0.05, 0) is 37.6 Å². The Balaban J connectivity index is 0.00000144. The third kappa shape index (κ3) is 3.69. The minimum atomic E-state index is 0. The van der Waals surface area contributed by atoms with Crippen molar-refractivity contribution in [3.8, 4) is 0 Å². The number of aryl methyl sites for hydroxylation is 1. The zero-order valence-electron chi connectivity index (χ0n) is 9.63. The number of hydrogen-bond donors (Lipinski definition) is 2. The number of nitrogens with one attached hydrogen (secondary N) is 2. The Hall–Kier alpha value is -0.580. The average molecular weight is 320 g/mol. The molecule has 1 aromatic rings. The van der Waals surface area contributed by atoms with Crippen LogP contribution < -0.4 is 10.6 Å². The zero-order chi connectivity index (χ0) is 11.5. The van der Waals surface area contributed by atoms with Gasteiger partial charge in [0.05, 0.1) is 5.92 Å². The molecule has 1 saturated heterocycles. The van der Waals surface area contributed by atoms with Crippen LogP contribution in [-0.2, 0) is 4.79 Å². The fraction of sp³-hybridized carbons (Fsp3) is 0.417. The van der Waals surface area contributed by atoms with E-state index in [1.807, 2.05) is 25.1 Å². The van der Waals surface area contributed by atoms with Gasteiger partial charge in [-0.15, -0.1) is 12.4 Å². The van der Waals surface area contributed by atoms with Crippen molar-refractivity contribution in [2.45, 2.75) is 13.3 Å². The lowest BCUT2D eigenvalue weighted by atomic mass is 10.1. The van der Waals surface area contributed by atoms with Crippen molar-refractivity contribution >= 4 is 39.9 Å². The molecule has 1 aromatic carbocycles. The molecule has 2 N–H and O–H groups in total. The van der Waals surface area contributed by atoms with Gasteiger partial charge in [0.25, 0.3) is 0 Å². The molecular weight excluding hydrogens is 304 g/mol. The first-order valence-corrected chi connectivity index (χ1v) is 6.24. The van der Waals surface area contributed by atoms with E-state index in [-0.39, 0.29) is 24.2 Å². The van der Waals surface area contributed by atoms with Crippen LogP contribution in [0.25, 0.3) is 0 Å². The third-order valence-electron chi connectivity index (χ3n) is 2.89.